The first kappa shape index (κ1) is 23.3. The zero-order valence-corrected chi connectivity index (χ0v) is 21.2. The highest BCUT2D eigenvalue weighted by Crippen LogP contribution is 2.56. The van der Waals surface area contributed by atoms with Crippen molar-refractivity contribution in [3.63, 3.8) is 0 Å². The third-order valence-electron chi connectivity index (χ3n) is 8.71. The highest BCUT2D eigenvalue weighted by molar-refractivity contribution is 5.55. The fraction of sp³-hybridized carbons (Fsp3) is 0.556. The van der Waals surface area contributed by atoms with E-state index in [4.69, 9.17) is 18.9 Å². The van der Waals surface area contributed by atoms with Crippen molar-refractivity contribution in [1.82, 2.24) is 9.80 Å². The van der Waals surface area contributed by atoms with Gasteiger partial charge in [-0.2, -0.15) is 0 Å². The molecule has 7 nitrogen and oxygen atoms in total. The monoisotopic (exact) mass is 468 g/mol. The minimum atomic E-state index is -0.150. The van der Waals surface area contributed by atoms with E-state index < -0.39 is 0 Å². The Hall–Kier alpha value is -2.48. The average molecular weight is 469 g/mol. The highest BCUT2D eigenvalue weighted by atomic mass is 16.5. The van der Waals surface area contributed by atoms with Gasteiger partial charge < -0.3 is 24.1 Å². The normalized spacial score (nSPS) is 30.1. The number of methoxy groups -OCH3 is 4. The molecular weight excluding hydrogens is 432 g/mol. The molecule has 184 valence electrons. The zero-order chi connectivity index (χ0) is 24.4. The van der Waals surface area contributed by atoms with Gasteiger partial charge in [-0.05, 0) is 80.3 Å². The summed E-state index contributed by atoms with van der Waals surface area (Å²) in [4.78, 5) is 5.00. The van der Waals surface area contributed by atoms with Crippen LogP contribution in [0.25, 0.3) is 0 Å². The summed E-state index contributed by atoms with van der Waals surface area (Å²) in [5.41, 5.74) is 4.71. The van der Waals surface area contributed by atoms with Crippen molar-refractivity contribution in [2.24, 2.45) is 0 Å². The van der Waals surface area contributed by atoms with E-state index in [0.29, 0.717) is 17.5 Å². The van der Waals surface area contributed by atoms with Gasteiger partial charge in [0.15, 0.2) is 23.0 Å². The zero-order valence-electron chi connectivity index (χ0n) is 21.2. The number of hydrogen-bond acceptors (Lipinski definition) is 7. The highest BCUT2D eigenvalue weighted by Gasteiger charge is 2.56. The van der Waals surface area contributed by atoms with Crippen molar-refractivity contribution in [3.05, 3.63) is 46.5 Å². The molecule has 34 heavy (non-hydrogen) atoms. The molecule has 7 heteroatoms. The number of hydrogen-bond donors (Lipinski definition) is 1. The van der Waals surface area contributed by atoms with Gasteiger partial charge in [-0.1, -0.05) is 0 Å². The number of ether oxygens (including phenoxy) is 4. The second-order valence-corrected chi connectivity index (χ2v) is 9.96. The van der Waals surface area contributed by atoms with Crippen molar-refractivity contribution in [1.29, 1.82) is 0 Å². The Balaban J connectivity index is 1.76. The van der Waals surface area contributed by atoms with Gasteiger partial charge >= 0.3 is 0 Å². The Morgan fingerprint density at radius 1 is 0.912 bits per heavy atom. The minimum Gasteiger partial charge on any atom is -0.493 e. The molecule has 0 amide bonds. The van der Waals surface area contributed by atoms with Crippen molar-refractivity contribution >= 4 is 0 Å². The van der Waals surface area contributed by atoms with Crippen molar-refractivity contribution in [2.45, 2.75) is 56.4 Å². The molecule has 1 fully saturated rings. The molecule has 0 radical (unpaired) electrons. The maximum atomic E-state index is 10.7. The van der Waals surface area contributed by atoms with Gasteiger partial charge in [0, 0.05) is 23.7 Å². The number of nitrogens with zero attached hydrogens (tertiary/aromatic N) is 2. The van der Waals surface area contributed by atoms with Crippen LogP contribution in [0.2, 0.25) is 0 Å². The number of rotatable bonds is 5. The molecular formula is C27H36N2O5. The Morgan fingerprint density at radius 3 is 2.03 bits per heavy atom. The number of aliphatic hydroxyl groups excluding tert-OH is 1. The van der Waals surface area contributed by atoms with E-state index >= 15 is 0 Å². The molecule has 4 heterocycles. The maximum absolute atomic E-state index is 10.7. The Morgan fingerprint density at radius 2 is 1.47 bits per heavy atom. The third-order valence-corrected chi connectivity index (χ3v) is 8.71. The van der Waals surface area contributed by atoms with Crippen LogP contribution in [0.3, 0.4) is 0 Å². The van der Waals surface area contributed by atoms with Crippen LogP contribution in [0.5, 0.6) is 23.0 Å². The minimum absolute atomic E-state index is 0.0274. The van der Waals surface area contributed by atoms with Crippen LogP contribution >= 0.6 is 0 Å². The second-order valence-electron chi connectivity index (χ2n) is 9.96. The van der Waals surface area contributed by atoms with Crippen LogP contribution in [-0.2, 0) is 12.0 Å². The predicted molar refractivity (Wildman–Crippen MR) is 130 cm³/mol. The smallest absolute Gasteiger partial charge is 0.161 e. The van der Waals surface area contributed by atoms with Crippen LogP contribution in [0, 0.1) is 0 Å². The lowest BCUT2D eigenvalue weighted by Crippen LogP contribution is -2.69. The molecule has 5 unspecified atom stereocenters. The summed E-state index contributed by atoms with van der Waals surface area (Å²) < 4.78 is 22.7. The lowest BCUT2D eigenvalue weighted by atomic mass is 9.67. The molecule has 4 aliphatic heterocycles. The lowest BCUT2D eigenvalue weighted by Gasteiger charge is -2.63. The van der Waals surface area contributed by atoms with Gasteiger partial charge in [-0.15, -0.1) is 0 Å². The molecule has 1 saturated heterocycles. The Kier molecular flexibility index (Phi) is 5.70. The first-order valence-corrected chi connectivity index (χ1v) is 11.9. The van der Waals surface area contributed by atoms with E-state index in [9.17, 15) is 5.11 Å². The summed E-state index contributed by atoms with van der Waals surface area (Å²) >= 11 is 0. The van der Waals surface area contributed by atoms with Crippen LogP contribution < -0.4 is 18.9 Å². The van der Waals surface area contributed by atoms with Gasteiger partial charge in [0.1, 0.15) is 0 Å². The molecule has 0 aromatic heterocycles. The number of fused-ring (bicyclic) bond motifs is 1. The molecule has 1 N–H and O–H groups in total. The fourth-order valence-electron chi connectivity index (χ4n) is 6.72. The van der Waals surface area contributed by atoms with Gasteiger partial charge in [0.05, 0.1) is 41.1 Å². The standard InChI is InChI=1S/C27H36N2O5/c1-15-21-13-27(2,28(21)3)19-12-26(34-7)25(33-6)11-18(19)20-8-16-9-23(31-4)24(32-5)10-17(16)22(14-30)29(15)20/h9-12,15,20-22,30H,8,13-14H2,1-7H3. The van der Waals surface area contributed by atoms with Crippen molar-refractivity contribution in [2.75, 3.05) is 42.1 Å². The van der Waals surface area contributed by atoms with Gasteiger partial charge in [-0.3, -0.25) is 9.80 Å². The summed E-state index contributed by atoms with van der Waals surface area (Å²) in [6.45, 7) is 4.65. The first-order valence-electron chi connectivity index (χ1n) is 11.9. The van der Waals surface area contributed by atoms with Crippen LogP contribution in [0.1, 0.15) is 54.6 Å². The van der Waals surface area contributed by atoms with Crippen molar-refractivity contribution in [3.8, 4) is 23.0 Å². The van der Waals surface area contributed by atoms with E-state index in [0.717, 1.165) is 29.9 Å². The Labute approximate surface area is 202 Å². The average Bonchev–Trinajstić information content (AvgIpc) is 2.87. The third kappa shape index (κ3) is 3.06. The molecule has 2 aromatic carbocycles. The van der Waals surface area contributed by atoms with Crippen LogP contribution in [0.15, 0.2) is 24.3 Å². The topological polar surface area (TPSA) is 63.6 Å². The molecule has 5 atom stereocenters. The van der Waals surface area contributed by atoms with Crippen LogP contribution in [0.4, 0.5) is 0 Å². The maximum Gasteiger partial charge on any atom is 0.161 e. The Bertz CT molecular complexity index is 1100. The quantitative estimate of drug-likeness (QED) is 0.718. The molecule has 6 rings (SSSR count). The van der Waals surface area contributed by atoms with E-state index in [2.05, 4.69) is 48.9 Å². The predicted octanol–water partition coefficient (Wildman–Crippen LogP) is 3.68. The molecule has 0 saturated carbocycles. The molecule has 0 spiro atoms. The first-order chi connectivity index (χ1) is 16.3. The number of benzene rings is 2. The van der Waals surface area contributed by atoms with E-state index in [1.807, 2.05) is 6.07 Å². The fourth-order valence-corrected chi connectivity index (χ4v) is 6.72. The lowest BCUT2D eigenvalue weighted by molar-refractivity contribution is -0.114. The molecule has 4 aliphatic rings. The number of likely N-dealkylation sites (N-methyl/N-ethyl adjacent to an activating group) is 1. The van der Waals surface area contributed by atoms with Crippen LogP contribution in [-0.4, -0.2) is 69.1 Å². The summed E-state index contributed by atoms with van der Waals surface area (Å²) in [6.07, 6.45) is 1.86. The molecule has 2 bridgehead atoms. The molecule has 0 aliphatic carbocycles. The SMILES string of the molecule is COc1cc2c(cc1OC)C(CO)N1C(C2)c2cc(OC)c(OC)cc2C2(C)CC(C1C)N2C. The summed E-state index contributed by atoms with van der Waals surface area (Å²) in [6, 6.07) is 9.01. The number of aliphatic hydroxyl groups is 1. The van der Waals surface area contributed by atoms with Crippen molar-refractivity contribution < 1.29 is 24.1 Å². The van der Waals surface area contributed by atoms with E-state index in [1.54, 1.807) is 28.4 Å². The van der Waals surface area contributed by atoms with E-state index in [1.165, 1.54) is 16.7 Å². The summed E-state index contributed by atoms with van der Waals surface area (Å²) in [5, 5.41) is 10.7. The van der Waals surface area contributed by atoms with Gasteiger partial charge in [0.2, 0.25) is 0 Å². The van der Waals surface area contributed by atoms with Gasteiger partial charge in [0.25, 0.3) is 0 Å². The van der Waals surface area contributed by atoms with Gasteiger partial charge in [-0.25, -0.2) is 0 Å². The summed E-state index contributed by atoms with van der Waals surface area (Å²) in [7, 11) is 8.91. The summed E-state index contributed by atoms with van der Waals surface area (Å²) in [5.74, 6) is 2.89. The largest absolute Gasteiger partial charge is 0.493 e. The second kappa shape index (κ2) is 8.33. The van der Waals surface area contributed by atoms with E-state index in [-0.39, 0.29) is 30.3 Å². The molecule has 2 aromatic rings.